The number of rotatable bonds is 2. The summed E-state index contributed by atoms with van der Waals surface area (Å²) in [7, 11) is 0. The van der Waals surface area contributed by atoms with E-state index in [1.54, 1.807) is 19.3 Å². The van der Waals surface area contributed by atoms with Gasteiger partial charge in [-0.2, -0.15) is 0 Å². The Hall–Kier alpha value is -0.0800. The smallest absolute Gasteiger partial charge is 0.0224 e. The van der Waals surface area contributed by atoms with Crippen LogP contribution in [0.2, 0.25) is 0 Å². The Morgan fingerprint density at radius 2 is 1.67 bits per heavy atom. The molecule has 1 saturated heterocycles. The Morgan fingerprint density at radius 1 is 1.06 bits per heavy atom. The first-order valence-electron chi connectivity index (χ1n) is 8.26. The van der Waals surface area contributed by atoms with Crippen molar-refractivity contribution >= 4 is 0 Å². The highest BCUT2D eigenvalue weighted by Crippen LogP contribution is 2.58. The highest BCUT2D eigenvalue weighted by Gasteiger charge is 2.54. The first-order chi connectivity index (χ1) is 8.79. The molecule has 2 nitrogen and oxygen atoms in total. The van der Waals surface area contributed by atoms with Gasteiger partial charge in [0.15, 0.2) is 0 Å². The normalized spacial score (nSPS) is 51.8. The summed E-state index contributed by atoms with van der Waals surface area (Å²) in [5.74, 6) is 3.26. The van der Waals surface area contributed by atoms with Gasteiger partial charge in [-0.15, -0.1) is 0 Å². The fourth-order valence-electron chi connectivity index (χ4n) is 6.17. The van der Waals surface area contributed by atoms with E-state index < -0.39 is 0 Å². The summed E-state index contributed by atoms with van der Waals surface area (Å²) in [5.41, 5.74) is 0.636. The predicted octanol–water partition coefficient (Wildman–Crippen LogP) is 2.64. The summed E-state index contributed by atoms with van der Waals surface area (Å²) in [6.45, 7) is 6.15. The van der Waals surface area contributed by atoms with Gasteiger partial charge in [0.1, 0.15) is 0 Å². The first-order valence-corrected chi connectivity index (χ1v) is 8.26. The molecule has 0 spiro atoms. The van der Waals surface area contributed by atoms with Crippen LogP contribution in [0.3, 0.4) is 0 Å². The molecule has 1 atom stereocenters. The number of hydrogen-bond acceptors (Lipinski definition) is 2. The molecule has 1 heterocycles. The van der Waals surface area contributed by atoms with E-state index in [0.29, 0.717) is 5.54 Å². The molecule has 0 radical (unpaired) electrons. The lowest BCUT2D eigenvalue weighted by Gasteiger charge is -2.62. The van der Waals surface area contributed by atoms with E-state index in [4.69, 9.17) is 0 Å². The molecule has 1 unspecified atom stereocenters. The third kappa shape index (κ3) is 1.68. The minimum absolute atomic E-state index is 0.636. The molecule has 1 N–H and O–H groups in total. The van der Waals surface area contributed by atoms with Crippen LogP contribution in [0.15, 0.2) is 0 Å². The maximum Gasteiger partial charge on any atom is 0.0224 e. The van der Waals surface area contributed by atoms with Crippen molar-refractivity contribution in [2.75, 3.05) is 19.6 Å². The van der Waals surface area contributed by atoms with E-state index in [0.717, 1.165) is 23.8 Å². The van der Waals surface area contributed by atoms with Crippen LogP contribution in [0.4, 0.5) is 0 Å². The summed E-state index contributed by atoms with van der Waals surface area (Å²) in [5, 5.41) is 3.61. The lowest BCUT2D eigenvalue weighted by atomic mass is 9.52. The van der Waals surface area contributed by atoms with E-state index in [1.807, 2.05) is 0 Å². The Labute approximate surface area is 111 Å². The summed E-state index contributed by atoms with van der Waals surface area (Å²) < 4.78 is 0. The lowest BCUT2D eigenvalue weighted by Crippen LogP contribution is -2.66. The van der Waals surface area contributed by atoms with Crippen molar-refractivity contribution in [2.45, 2.75) is 63.5 Å². The van der Waals surface area contributed by atoms with Crippen molar-refractivity contribution in [2.24, 2.45) is 17.8 Å². The Balaban J connectivity index is 1.62. The third-order valence-electron chi connectivity index (χ3n) is 6.44. The van der Waals surface area contributed by atoms with Crippen LogP contribution in [-0.2, 0) is 0 Å². The van der Waals surface area contributed by atoms with Crippen LogP contribution in [0.25, 0.3) is 0 Å². The first kappa shape index (κ1) is 11.7. The predicted molar refractivity (Wildman–Crippen MR) is 74.6 cm³/mol. The molecule has 2 heteroatoms. The van der Waals surface area contributed by atoms with Crippen molar-refractivity contribution in [3.63, 3.8) is 0 Å². The van der Waals surface area contributed by atoms with Gasteiger partial charge in [0.05, 0.1) is 0 Å². The molecule has 18 heavy (non-hydrogen) atoms. The molecule has 5 rings (SSSR count). The van der Waals surface area contributed by atoms with Crippen molar-refractivity contribution in [3.8, 4) is 0 Å². The molecule has 5 aliphatic rings. The molecule has 0 aromatic carbocycles. The maximum atomic E-state index is 3.61. The maximum absolute atomic E-state index is 3.61. The quantitative estimate of drug-likeness (QED) is 0.808. The molecule has 0 amide bonds. The van der Waals surface area contributed by atoms with Crippen LogP contribution in [0.1, 0.15) is 51.9 Å². The summed E-state index contributed by atoms with van der Waals surface area (Å²) in [6, 6.07) is 0.815. The third-order valence-corrected chi connectivity index (χ3v) is 6.44. The summed E-state index contributed by atoms with van der Waals surface area (Å²) >= 11 is 0. The highest BCUT2D eigenvalue weighted by atomic mass is 15.3. The fraction of sp³-hybridized carbons (Fsp3) is 1.00. The Morgan fingerprint density at radius 3 is 2.22 bits per heavy atom. The van der Waals surface area contributed by atoms with E-state index in [2.05, 4.69) is 17.1 Å². The minimum Gasteiger partial charge on any atom is -0.314 e. The fourth-order valence-corrected chi connectivity index (χ4v) is 6.17. The minimum atomic E-state index is 0.636. The van der Waals surface area contributed by atoms with Crippen LogP contribution in [-0.4, -0.2) is 36.1 Å². The van der Waals surface area contributed by atoms with Gasteiger partial charge in [0.25, 0.3) is 0 Å². The molecule has 4 bridgehead atoms. The Bertz CT molecular complexity index is 290. The average Bonchev–Trinajstić information content (AvgIpc) is 2.37. The van der Waals surface area contributed by atoms with E-state index >= 15 is 0 Å². The van der Waals surface area contributed by atoms with Crippen molar-refractivity contribution in [3.05, 3.63) is 0 Å². The van der Waals surface area contributed by atoms with Gasteiger partial charge >= 0.3 is 0 Å². The summed E-state index contributed by atoms with van der Waals surface area (Å²) in [4.78, 5) is 2.97. The number of hydrogen-bond donors (Lipinski definition) is 1. The second-order valence-corrected chi connectivity index (χ2v) is 7.60. The molecule has 4 aliphatic carbocycles. The topological polar surface area (TPSA) is 15.3 Å². The zero-order valence-electron chi connectivity index (χ0n) is 11.8. The largest absolute Gasteiger partial charge is 0.314 e. The highest BCUT2D eigenvalue weighted by molar-refractivity contribution is 5.09. The van der Waals surface area contributed by atoms with E-state index in [1.165, 1.54) is 45.3 Å². The molecule has 5 fully saturated rings. The molecule has 1 aliphatic heterocycles. The Kier molecular flexibility index (Phi) is 2.74. The van der Waals surface area contributed by atoms with Crippen LogP contribution in [0, 0.1) is 17.8 Å². The van der Waals surface area contributed by atoms with Gasteiger partial charge in [0, 0.05) is 31.2 Å². The second kappa shape index (κ2) is 4.21. The standard InChI is InChI=1S/C16H28N2/c1-2-15-11-17-3-4-18(15)16-8-12-5-13(9-16)7-14(6-12)10-16/h12-15,17H,2-11H2,1H3. The average molecular weight is 248 g/mol. The number of piperazine rings is 1. The number of nitrogens with one attached hydrogen (secondary N) is 1. The monoisotopic (exact) mass is 248 g/mol. The van der Waals surface area contributed by atoms with Gasteiger partial charge in [0.2, 0.25) is 0 Å². The van der Waals surface area contributed by atoms with Crippen molar-refractivity contribution < 1.29 is 0 Å². The van der Waals surface area contributed by atoms with Crippen LogP contribution >= 0.6 is 0 Å². The zero-order valence-corrected chi connectivity index (χ0v) is 11.8. The molecule has 0 aromatic rings. The van der Waals surface area contributed by atoms with Gasteiger partial charge in [-0.25, -0.2) is 0 Å². The van der Waals surface area contributed by atoms with Gasteiger partial charge in [-0.05, 0) is 62.7 Å². The summed E-state index contributed by atoms with van der Waals surface area (Å²) in [6.07, 6.45) is 10.7. The van der Waals surface area contributed by atoms with Gasteiger partial charge in [-0.1, -0.05) is 6.92 Å². The molecular formula is C16H28N2. The van der Waals surface area contributed by atoms with Gasteiger partial charge < -0.3 is 5.32 Å². The lowest BCUT2D eigenvalue weighted by molar-refractivity contribution is -0.110. The van der Waals surface area contributed by atoms with Crippen molar-refractivity contribution in [1.29, 1.82) is 0 Å². The SMILES string of the molecule is CCC1CNCCN1C12CC3CC(CC(C3)C1)C2. The van der Waals surface area contributed by atoms with Crippen LogP contribution in [0.5, 0.6) is 0 Å². The number of nitrogens with zero attached hydrogens (tertiary/aromatic N) is 1. The second-order valence-electron chi connectivity index (χ2n) is 7.60. The molecule has 0 aromatic heterocycles. The van der Waals surface area contributed by atoms with Gasteiger partial charge in [-0.3, -0.25) is 4.90 Å². The molecule has 4 saturated carbocycles. The zero-order chi connectivity index (χ0) is 12.2. The van der Waals surface area contributed by atoms with E-state index in [9.17, 15) is 0 Å². The van der Waals surface area contributed by atoms with Crippen molar-refractivity contribution in [1.82, 2.24) is 10.2 Å². The molecule has 102 valence electrons. The molecular weight excluding hydrogens is 220 g/mol. The van der Waals surface area contributed by atoms with E-state index in [-0.39, 0.29) is 0 Å². The van der Waals surface area contributed by atoms with Crippen LogP contribution < -0.4 is 5.32 Å².